The topological polar surface area (TPSA) is 66.8 Å². The summed E-state index contributed by atoms with van der Waals surface area (Å²) in [7, 11) is 0. The van der Waals surface area contributed by atoms with Crippen molar-refractivity contribution in [2.45, 2.75) is 26.1 Å². The molecule has 5 rings (SSSR count). The predicted octanol–water partition coefficient (Wildman–Crippen LogP) is 6.20. The van der Waals surface area contributed by atoms with Gasteiger partial charge in [0.1, 0.15) is 18.1 Å². The second-order valence-electron chi connectivity index (χ2n) is 9.12. The Morgan fingerprint density at radius 1 is 0.784 bits per heavy atom. The molecule has 5 nitrogen and oxygen atoms in total. The lowest BCUT2D eigenvalue weighted by Gasteiger charge is -2.25. The van der Waals surface area contributed by atoms with Crippen LogP contribution in [0.5, 0.6) is 5.75 Å². The van der Waals surface area contributed by atoms with E-state index in [9.17, 15) is 14.7 Å². The molecule has 1 aliphatic rings. The summed E-state index contributed by atoms with van der Waals surface area (Å²) in [6.07, 6.45) is 0. The van der Waals surface area contributed by atoms with Crippen LogP contribution in [0, 0.1) is 6.92 Å². The average Bonchev–Trinajstić information content (AvgIpc) is 3.18. The first-order valence-corrected chi connectivity index (χ1v) is 12.2. The number of amides is 1. The van der Waals surface area contributed by atoms with Gasteiger partial charge >= 0.3 is 0 Å². The van der Waals surface area contributed by atoms with Crippen molar-refractivity contribution >= 4 is 17.4 Å². The standard InChI is InChI=1S/C32H27NO4/c1-22-12-14-26(15-13-22)30(34)28-29(33(32(36)31(28)35)20-23-8-4-2-5-9-23)25-16-18-27(19-17-25)37-21-24-10-6-3-7-11-24/h2-19,29,34H,20-21H2,1H3/b30-28+. The zero-order valence-corrected chi connectivity index (χ0v) is 20.5. The van der Waals surface area contributed by atoms with Crippen molar-refractivity contribution in [3.05, 3.63) is 143 Å². The van der Waals surface area contributed by atoms with Crippen LogP contribution in [0.3, 0.4) is 0 Å². The molecule has 1 atom stereocenters. The van der Waals surface area contributed by atoms with E-state index in [1.54, 1.807) is 12.1 Å². The number of carbonyl (C=O) groups excluding carboxylic acids is 2. The van der Waals surface area contributed by atoms with Gasteiger partial charge in [-0.3, -0.25) is 9.59 Å². The van der Waals surface area contributed by atoms with Crippen molar-refractivity contribution < 1.29 is 19.4 Å². The molecule has 1 saturated heterocycles. The second-order valence-corrected chi connectivity index (χ2v) is 9.12. The van der Waals surface area contributed by atoms with Crippen molar-refractivity contribution in [2.75, 3.05) is 0 Å². The highest BCUT2D eigenvalue weighted by atomic mass is 16.5. The minimum atomic E-state index is -0.732. The van der Waals surface area contributed by atoms with Crippen molar-refractivity contribution in [1.29, 1.82) is 0 Å². The van der Waals surface area contributed by atoms with E-state index in [0.29, 0.717) is 17.9 Å². The van der Waals surface area contributed by atoms with E-state index in [2.05, 4.69) is 0 Å². The van der Waals surface area contributed by atoms with Crippen LogP contribution in [0.25, 0.3) is 5.76 Å². The molecule has 0 spiro atoms. The van der Waals surface area contributed by atoms with Gasteiger partial charge in [0.15, 0.2) is 0 Å². The van der Waals surface area contributed by atoms with Gasteiger partial charge in [-0.05, 0) is 35.7 Å². The molecule has 1 heterocycles. The Labute approximate surface area is 216 Å². The van der Waals surface area contributed by atoms with E-state index < -0.39 is 17.7 Å². The Morgan fingerprint density at radius 3 is 2.00 bits per heavy atom. The molecule has 1 unspecified atom stereocenters. The number of rotatable bonds is 7. The summed E-state index contributed by atoms with van der Waals surface area (Å²) in [5.74, 6) is -0.829. The summed E-state index contributed by atoms with van der Waals surface area (Å²) in [5.41, 5.74) is 4.28. The predicted molar refractivity (Wildman–Crippen MR) is 143 cm³/mol. The highest BCUT2D eigenvalue weighted by Crippen LogP contribution is 2.40. The molecule has 1 fully saturated rings. The van der Waals surface area contributed by atoms with E-state index in [0.717, 1.165) is 22.3 Å². The summed E-state index contributed by atoms with van der Waals surface area (Å²) in [4.78, 5) is 28.0. The fraction of sp³-hybridized carbons (Fsp3) is 0.125. The largest absolute Gasteiger partial charge is 0.507 e. The van der Waals surface area contributed by atoms with Crippen LogP contribution in [-0.4, -0.2) is 21.7 Å². The van der Waals surface area contributed by atoms with Crippen molar-refractivity contribution in [2.24, 2.45) is 0 Å². The van der Waals surface area contributed by atoms with Gasteiger partial charge in [0.2, 0.25) is 0 Å². The minimum Gasteiger partial charge on any atom is -0.507 e. The maximum Gasteiger partial charge on any atom is 0.295 e. The number of benzene rings is 4. The van der Waals surface area contributed by atoms with Gasteiger partial charge in [0.25, 0.3) is 11.7 Å². The number of aliphatic hydroxyl groups excluding tert-OH is 1. The van der Waals surface area contributed by atoms with Gasteiger partial charge < -0.3 is 14.7 Å². The zero-order valence-electron chi connectivity index (χ0n) is 20.5. The number of ketones is 1. The maximum atomic E-state index is 13.3. The van der Waals surface area contributed by atoms with Crippen molar-refractivity contribution in [3.8, 4) is 5.75 Å². The maximum absolute atomic E-state index is 13.3. The first-order chi connectivity index (χ1) is 18.0. The second kappa shape index (κ2) is 10.5. The number of Topliss-reactive ketones (excluding diaryl/α,β-unsaturated/α-hetero) is 1. The third-order valence-electron chi connectivity index (χ3n) is 6.50. The molecule has 1 aliphatic heterocycles. The van der Waals surface area contributed by atoms with E-state index in [-0.39, 0.29) is 17.9 Å². The molecule has 0 radical (unpaired) electrons. The number of ether oxygens (including phenoxy) is 1. The first kappa shape index (κ1) is 24.1. The van der Waals surface area contributed by atoms with Gasteiger partial charge in [-0.25, -0.2) is 0 Å². The summed E-state index contributed by atoms with van der Waals surface area (Å²) < 4.78 is 5.92. The Morgan fingerprint density at radius 2 is 1.38 bits per heavy atom. The van der Waals surface area contributed by atoms with Gasteiger partial charge in [-0.15, -0.1) is 0 Å². The Hall–Kier alpha value is -4.64. The molecule has 1 amide bonds. The SMILES string of the molecule is Cc1ccc(/C(O)=C2\C(=O)C(=O)N(Cc3ccccc3)C2c2ccc(OCc3ccccc3)cc2)cc1. The normalized spacial score (nSPS) is 16.7. The molecule has 5 heteroatoms. The Kier molecular flexibility index (Phi) is 6.86. The van der Waals surface area contributed by atoms with Crippen molar-refractivity contribution in [1.82, 2.24) is 4.90 Å². The lowest BCUT2D eigenvalue weighted by Crippen LogP contribution is -2.29. The highest BCUT2D eigenvalue weighted by Gasteiger charge is 2.46. The van der Waals surface area contributed by atoms with Gasteiger partial charge in [-0.1, -0.05) is 103 Å². The molecule has 184 valence electrons. The number of aliphatic hydroxyl groups is 1. The fourth-order valence-electron chi connectivity index (χ4n) is 4.52. The highest BCUT2D eigenvalue weighted by molar-refractivity contribution is 6.46. The Balaban J connectivity index is 1.51. The third-order valence-corrected chi connectivity index (χ3v) is 6.50. The number of carbonyl (C=O) groups is 2. The lowest BCUT2D eigenvalue weighted by molar-refractivity contribution is -0.140. The van der Waals surface area contributed by atoms with Crippen LogP contribution in [0.15, 0.2) is 115 Å². The summed E-state index contributed by atoms with van der Waals surface area (Å²) in [6.45, 7) is 2.62. The van der Waals surface area contributed by atoms with E-state index in [1.807, 2.05) is 104 Å². The smallest absolute Gasteiger partial charge is 0.295 e. The number of hydrogen-bond donors (Lipinski definition) is 1. The van der Waals surface area contributed by atoms with Crippen LogP contribution >= 0.6 is 0 Å². The summed E-state index contributed by atoms with van der Waals surface area (Å²) >= 11 is 0. The van der Waals surface area contributed by atoms with Crippen LogP contribution in [0.4, 0.5) is 0 Å². The van der Waals surface area contributed by atoms with Gasteiger partial charge in [0, 0.05) is 12.1 Å². The summed E-state index contributed by atoms with van der Waals surface area (Å²) in [5, 5.41) is 11.2. The van der Waals surface area contributed by atoms with Crippen LogP contribution < -0.4 is 4.74 Å². The third kappa shape index (κ3) is 5.16. The molecular weight excluding hydrogens is 462 g/mol. The molecule has 0 aromatic heterocycles. The zero-order chi connectivity index (χ0) is 25.8. The minimum absolute atomic E-state index is 0.0859. The van der Waals surface area contributed by atoms with E-state index in [1.165, 1.54) is 4.90 Å². The molecule has 0 bridgehead atoms. The number of likely N-dealkylation sites (tertiary alicyclic amines) is 1. The van der Waals surface area contributed by atoms with E-state index >= 15 is 0 Å². The van der Waals surface area contributed by atoms with Crippen molar-refractivity contribution in [3.63, 3.8) is 0 Å². The average molecular weight is 490 g/mol. The first-order valence-electron chi connectivity index (χ1n) is 12.2. The molecule has 1 N–H and O–H groups in total. The van der Waals surface area contributed by atoms with Crippen LogP contribution in [0.2, 0.25) is 0 Å². The van der Waals surface area contributed by atoms with Crippen LogP contribution in [0.1, 0.15) is 33.9 Å². The van der Waals surface area contributed by atoms with Gasteiger partial charge in [-0.2, -0.15) is 0 Å². The lowest BCUT2D eigenvalue weighted by atomic mass is 9.95. The fourth-order valence-corrected chi connectivity index (χ4v) is 4.52. The number of hydrogen-bond acceptors (Lipinski definition) is 4. The number of aryl methyl sites for hydroxylation is 1. The molecule has 4 aromatic carbocycles. The Bertz CT molecular complexity index is 1430. The molecular formula is C32H27NO4. The summed E-state index contributed by atoms with van der Waals surface area (Å²) in [6, 6.07) is 33.3. The molecule has 4 aromatic rings. The van der Waals surface area contributed by atoms with E-state index in [4.69, 9.17) is 4.74 Å². The molecule has 0 aliphatic carbocycles. The van der Waals surface area contributed by atoms with Gasteiger partial charge in [0.05, 0.1) is 11.6 Å². The quantitative estimate of drug-likeness (QED) is 0.191. The molecule has 0 saturated carbocycles. The monoisotopic (exact) mass is 489 g/mol. The van der Waals surface area contributed by atoms with Crippen LogP contribution in [-0.2, 0) is 22.7 Å². The number of nitrogens with zero attached hydrogens (tertiary/aromatic N) is 1. The molecule has 37 heavy (non-hydrogen) atoms.